The quantitative estimate of drug-likeness (QED) is 0.742. The van der Waals surface area contributed by atoms with Crippen molar-refractivity contribution in [3.8, 4) is 6.01 Å². The number of ether oxygens (including phenoxy) is 1. The van der Waals surface area contributed by atoms with Gasteiger partial charge in [0.1, 0.15) is 12.4 Å². The van der Waals surface area contributed by atoms with Crippen molar-refractivity contribution in [3.05, 3.63) is 11.3 Å². The van der Waals surface area contributed by atoms with E-state index >= 15 is 0 Å². The lowest BCUT2D eigenvalue weighted by molar-refractivity contribution is 0.187. The van der Waals surface area contributed by atoms with Crippen molar-refractivity contribution in [1.82, 2.24) is 14.9 Å². The van der Waals surface area contributed by atoms with E-state index in [1.807, 2.05) is 0 Å². The molecule has 26 heavy (non-hydrogen) atoms. The smallest absolute Gasteiger partial charge is 0.318 e. The Morgan fingerprint density at radius 2 is 2.04 bits per heavy atom. The molecular formula is C21H36N4O. The normalized spacial score (nSPS) is 23.3. The first-order valence-electron chi connectivity index (χ1n) is 10.5. The van der Waals surface area contributed by atoms with E-state index in [1.165, 1.54) is 43.5 Å². The summed E-state index contributed by atoms with van der Waals surface area (Å²) in [4.78, 5) is 14.5. The lowest BCUT2D eigenvalue weighted by Gasteiger charge is -2.32. The van der Waals surface area contributed by atoms with Crippen molar-refractivity contribution in [2.24, 2.45) is 5.92 Å². The first kappa shape index (κ1) is 19.4. The van der Waals surface area contributed by atoms with Crippen LogP contribution in [0.25, 0.3) is 0 Å². The van der Waals surface area contributed by atoms with Crippen molar-refractivity contribution in [3.63, 3.8) is 0 Å². The van der Waals surface area contributed by atoms with Crippen LogP contribution in [0.15, 0.2) is 0 Å². The molecule has 1 aliphatic carbocycles. The van der Waals surface area contributed by atoms with Gasteiger partial charge in [-0.25, -0.2) is 0 Å². The molecule has 1 aromatic heterocycles. The van der Waals surface area contributed by atoms with E-state index < -0.39 is 0 Å². The second-order valence-corrected chi connectivity index (χ2v) is 8.24. The van der Waals surface area contributed by atoms with E-state index in [4.69, 9.17) is 14.7 Å². The number of likely N-dealkylation sites (tertiary alicyclic amines) is 1. The average molecular weight is 361 g/mol. The summed E-state index contributed by atoms with van der Waals surface area (Å²) in [6.07, 6.45) is 7.11. The van der Waals surface area contributed by atoms with Gasteiger partial charge in [0, 0.05) is 24.2 Å². The van der Waals surface area contributed by atoms with Crippen LogP contribution < -0.4 is 9.64 Å². The fraction of sp³-hybridized carbons (Fsp3) is 0.810. The molecule has 1 unspecified atom stereocenters. The third-order valence-corrected chi connectivity index (χ3v) is 6.22. The Hall–Kier alpha value is -1.36. The molecule has 2 aliphatic rings. The minimum atomic E-state index is 0.428. The molecule has 3 rings (SSSR count). The molecule has 0 bridgehead atoms. The fourth-order valence-corrected chi connectivity index (χ4v) is 4.41. The first-order valence-corrected chi connectivity index (χ1v) is 10.5. The molecule has 0 spiro atoms. The van der Waals surface area contributed by atoms with Crippen molar-refractivity contribution >= 4 is 5.82 Å². The SMILES string of the molecule is CCC1CCc2c(nc(OC[C@@H]3CCCN3C)nc2N(CC)C(C)C)C1. The van der Waals surface area contributed by atoms with Crippen molar-refractivity contribution in [1.29, 1.82) is 0 Å². The Labute approximate surface area is 159 Å². The highest BCUT2D eigenvalue weighted by molar-refractivity contribution is 5.51. The summed E-state index contributed by atoms with van der Waals surface area (Å²) < 4.78 is 6.12. The average Bonchev–Trinajstić information content (AvgIpc) is 3.04. The van der Waals surface area contributed by atoms with Crippen molar-refractivity contribution < 1.29 is 4.74 Å². The number of rotatable bonds is 7. The van der Waals surface area contributed by atoms with Gasteiger partial charge >= 0.3 is 6.01 Å². The van der Waals surface area contributed by atoms with Crippen LogP contribution in [-0.4, -0.2) is 53.7 Å². The number of anilines is 1. The molecule has 0 saturated carbocycles. The number of hydrogen-bond acceptors (Lipinski definition) is 5. The van der Waals surface area contributed by atoms with E-state index in [-0.39, 0.29) is 0 Å². The summed E-state index contributed by atoms with van der Waals surface area (Å²) in [5.41, 5.74) is 2.58. The number of likely N-dealkylation sites (N-methyl/N-ethyl adjacent to an activating group) is 1. The zero-order valence-electron chi connectivity index (χ0n) is 17.3. The zero-order chi connectivity index (χ0) is 18.7. The number of fused-ring (bicyclic) bond motifs is 1. The standard InChI is InChI=1S/C21H36N4O/c1-6-16-10-11-18-19(13-16)22-21(23-20(18)25(7-2)15(3)4)26-14-17-9-8-12-24(17)5/h15-17H,6-14H2,1-5H3/t16?,17-/m0/s1. The molecule has 1 fully saturated rings. The van der Waals surface area contributed by atoms with Crippen LogP contribution >= 0.6 is 0 Å². The second kappa shape index (κ2) is 8.55. The topological polar surface area (TPSA) is 41.5 Å². The molecule has 146 valence electrons. The van der Waals surface area contributed by atoms with Crippen molar-refractivity contribution in [2.75, 3.05) is 31.6 Å². The van der Waals surface area contributed by atoms with E-state index in [2.05, 4.69) is 44.5 Å². The third-order valence-electron chi connectivity index (χ3n) is 6.22. The van der Waals surface area contributed by atoms with Crippen molar-refractivity contribution in [2.45, 2.75) is 78.3 Å². The summed E-state index contributed by atoms with van der Waals surface area (Å²) in [7, 11) is 2.18. The van der Waals surface area contributed by atoms with Crippen LogP contribution in [0.4, 0.5) is 5.82 Å². The molecule has 2 heterocycles. The lowest BCUT2D eigenvalue weighted by Crippen LogP contribution is -2.34. The maximum Gasteiger partial charge on any atom is 0.318 e. The van der Waals surface area contributed by atoms with Crippen LogP contribution in [0, 0.1) is 5.92 Å². The molecule has 0 radical (unpaired) electrons. The Morgan fingerprint density at radius 3 is 2.65 bits per heavy atom. The Kier molecular flexibility index (Phi) is 6.38. The van der Waals surface area contributed by atoms with Gasteiger partial charge in [0.15, 0.2) is 0 Å². The van der Waals surface area contributed by atoms with Gasteiger partial charge in [-0.15, -0.1) is 0 Å². The number of nitrogens with zero attached hydrogens (tertiary/aromatic N) is 4. The molecule has 5 nitrogen and oxygen atoms in total. The highest BCUT2D eigenvalue weighted by Crippen LogP contribution is 2.34. The molecule has 0 N–H and O–H groups in total. The van der Waals surface area contributed by atoms with Gasteiger partial charge in [0.2, 0.25) is 0 Å². The van der Waals surface area contributed by atoms with Crippen LogP contribution in [0.1, 0.15) is 64.6 Å². The van der Waals surface area contributed by atoms with Crippen LogP contribution in [-0.2, 0) is 12.8 Å². The predicted molar refractivity (Wildman–Crippen MR) is 107 cm³/mol. The van der Waals surface area contributed by atoms with Gasteiger partial charge in [-0.05, 0) is 72.4 Å². The zero-order valence-corrected chi connectivity index (χ0v) is 17.3. The minimum absolute atomic E-state index is 0.428. The molecule has 1 saturated heterocycles. The monoisotopic (exact) mass is 360 g/mol. The fourth-order valence-electron chi connectivity index (χ4n) is 4.41. The van der Waals surface area contributed by atoms with E-state index in [1.54, 1.807) is 0 Å². The second-order valence-electron chi connectivity index (χ2n) is 8.24. The number of aromatic nitrogens is 2. The van der Waals surface area contributed by atoms with Gasteiger partial charge in [-0.3, -0.25) is 0 Å². The molecule has 2 atom stereocenters. The predicted octanol–water partition coefficient (Wildman–Crippen LogP) is 3.70. The highest BCUT2D eigenvalue weighted by Gasteiger charge is 2.27. The van der Waals surface area contributed by atoms with Gasteiger partial charge < -0.3 is 14.5 Å². The van der Waals surface area contributed by atoms with Gasteiger partial charge in [-0.2, -0.15) is 9.97 Å². The Bertz CT molecular complexity index is 604. The molecule has 1 aliphatic heterocycles. The summed E-state index contributed by atoms with van der Waals surface area (Å²) in [6.45, 7) is 11.8. The molecule has 5 heteroatoms. The molecule has 0 amide bonds. The maximum absolute atomic E-state index is 6.12. The molecular weight excluding hydrogens is 324 g/mol. The number of hydrogen-bond donors (Lipinski definition) is 0. The van der Waals surface area contributed by atoms with Crippen LogP contribution in [0.2, 0.25) is 0 Å². The van der Waals surface area contributed by atoms with Crippen LogP contribution in [0.5, 0.6) is 6.01 Å². The molecule has 1 aromatic rings. The van der Waals surface area contributed by atoms with E-state index in [0.29, 0.717) is 24.7 Å². The Balaban J connectivity index is 1.87. The van der Waals surface area contributed by atoms with E-state index in [0.717, 1.165) is 31.1 Å². The van der Waals surface area contributed by atoms with Gasteiger partial charge in [0.25, 0.3) is 0 Å². The van der Waals surface area contributed by atoms with Gasteiger partial charge in [-0.1, -0.05) is 13.3 Å². The largest absolute Gasteiger partial charge is 0.462 e. The highest BCUT2D eigenvalue weighted by atomic mass is 16.5. The minimum Gasteiger partial charge on any atom is -0.462 e. The van der Waals surface area contributed by atoms with Crippen LogP contribution in [0.3, 0.4) is 0 Å². The summed E-state index contributed by atoms with van der Waals surface area (Å²) in [5.74, 6) is 1.85. The summed E-state index contributed by atoms with van der Waals surface area (Å²) in [6, 6.07) is 1.50. The lowest BCUT2D eigenvalue weighted by atomic mass is 9.85. The summed E-state index contributed by atoms with van der Waals surface area (Å²) in [5, 5.41) is 0. The Morgan fingerprint density at radius 1 is 1.23 bits per heavy atom. The molecule has 0 aromatic carbocycles. The summed E-state index contributed by atoms with van der Waals surface area (Å²) >= 11 is 0. The van der Waals surface area contributed by atoms with E-state index in [9.17, 15) is 0 Å². The first-order chi connectivity index (χ1) is 12.5. The third kappa shape index (κ3) is 4.13. The maximum atomic E-state index is 6.12. The van der Waals surface area contributed by atoms with Gasteiger partial charge in [0.05, 0.1) is 5.69 Å².